The Balaban J connectivity index is 3.35. The van der Waals surface area contributed by atoms with Gasteiger partial charge in [-0.2, -0.15) is 4.39 Å². The van der Waals surface area contributed by atoms with Gasteiger partial charge in [-0.3, -0.25) is 0 Å². The lowest BCUT2D eigenvalue weighted by atomic mass is 10.2. The topological polar surface area (TPSA) is 20.2 Å². The fraction of sp³-hybridized carbons (Fsp3) is 0.143. The van der Waals surface area contributed by atoms with E-state index in [2.05, 4.69) is 11.6 Å². The Labute approximate surface area is 75.6 Å². The van der Waals surface area contributed by atoms with Crippen LogP contribution in [0.3, 0.4) is 0 Å². The standard InChI is InChI=1S/C7H3ClF4O/c8-7(12,13)3-1-2-4(9)6(11)5(3)10/h1-2,13H. The smallest absolute Gasteiger partial charge is 0.313 e. The van der Waals surface area contributed by atoms with Gasteiger partial charge in [0.05, 0.1) is 5.56 Å². The third-order valence-corrected chi connectivity index (χ3v) is 1.56. The predicted octanol–water partition coefficient (Wildman–Crippen LogP) is 2.41. The third kappa shape index (κ3) is 1.92. The van der Waals surface area contributed by atoms with Crippen LogP contribution in [0.2, 0.25) is 0 Å². The highest BCUT2D eigenvalue weighted by Crippen LogP contribution is 2.30. The first-order chi connectivity index (χ1) is 5.84. The zero-order valence-electron chi connectivity index (χ0n) is 5.99. The minimum atomic E-state index is -3.54. The molecule has 1 N–H and O–H groups in total. The van der Waals surface area contributed by atoms with Crippen molar-refractivity contribution in [2.45, 2.75) is 5.31 Å². The second-order valence-corrected chi connectivity index (χ2v) is 2.77. The van der Waals surface area contributed by atoms with Crippen molar-refractivity contribution in [1.29, 1.82) is 0 Å². The van der Waals surface area contributed by atoms with Crippen molar-refractivity contribution in [1.82, 2.24) is 0 Å². The number of rotatable bonds is 1. The zero-order chi connectivity index (χ0) is 10.2. The van der Waals surface area contributed by atoms with E-state index in [0.29, 0.717) is 12.1 Å². The van der Waals surface area contributed by atoms with Gasteiger partial charge >= 0.3 is 5.31 Å². The maximum atomic E-state index is 12.7. The molecule has 13 heavy (non-hydrogen) atoms. The molecule has 6 heteroatoms. The van der Waals surface area contributed by atoms with Crippen LogP contribution < -0.4 is 0 Å². The summed E-state index contributed by atoms with van der Waals surface area (Å²) >= 11 is 4.65. The lowest BCUT2D eigenvalue weighted by Crippen LogP contribution is -2.14. The minimum absolute atomic E-state index is 0.459. The molecule has 0 aromatic heterocycles. The van der Waals surface area contributed by atoms with Gasteiger partial charge in [0.25, 0.3) is 0 Å². The van der Waals surface area contributed by atoms with E-state index in [1.165, 1.54) is 0 Å². The second kappa shape index (κ2) is 3.16. The number of alkyl halides is 2. The minimum Gasteiger partial charge on any atom is -0.346 e. The van der Waals surface area contributed by atoms with E-state index in [-0.39, 0.29) is 0 Å². The molecule has 1 rings (SSSR count). The summed E-state index contributed by atoms with van der Waals surface area (Å²) < 4.78 is 49.9. The first-order valence-corrected chi connectivity index (χ1v) is 3.46. The molecule has 0 heterocycles. The monoisotopic (exact) mass is 214 g/mol. The normalized spacial score (nSPS) is 15.5. The molecule has 0 spiro atoms. The van der Waals surface area contributed by atoms with Gasteiger partial charge in [-0.25, -0.2) is 13.2 Å². The van der Waals surface area contributed by atoms with Crippen LogP contribution in [0.1, 0.15) is 5.56 Å². The molecule has 72 valence electrons. The molecule has 1 atom stereocenters. The average Bonchev–Trinajstić information content (AvgIpc) is 1.98. The highest BCUT2D eigenvalue weighted by atomic mass is 35.5. The Kier molecular flexibility index (Phi) is 2.49. The van der Waals surface area contributed by atoms with E-state index < -0.39 is 28.3 Å². The van der Waals surface area contributed by atoms with Crippen LogP contribution in [0.5, 0.6) is 0 Å². The Morgan fingerprint density at radius 3 is 2.15 bits per heavy atom. The molecular formula is C7H3ClF4O. The molecule has 0 saturated carbocycles. The summed E-state index contributed by atoms with van der Waals surface area (Å²) in [5.41, 5.74) is -1.16. The fourth-order valence-corrected chi connectivity index (χ4v) is 0.904. The van der Waals surface area contributed by atoms with Crippen LogP contribution in [0.25, 0.3) is 0 Å². The molecule has 0 amide bonds. The van der Waals surface area contributed by atoms with Crippen molar-refractivity contribution in [3.05, 3.63) is 35.1 Å². The molecule has 1 aromatic carbocycles. The van der Waals surface area contributed by atoms with Crippen LogP contribution >= 0.6 is 11.6 Å². The molecule has 0 bridgehead atoms. The summed E-state index contributed by atoms with van der Waals surface area (Å²) in [6, 6.07) is 0.974. The van der Waals surface area contributed by atoms with Gasteiger partial charge in [0.1, 0.15) is 0 Å². The van der Waals surface area contributed by atoms with E-state index in [0.717, 1.165) is 0 Å². The van der Waals surface area contributed by atoms with Crippen molar-refractivity contribution in [3.63, 3.8) is 0 Å². The summed E-state index contributed by atoms with van der Waals surface area (Å²) in [4.78, 5) is 0. The van der Waals surface area contributed by atoms with E-state index >= 15 is 0 Å². The third-order valence-electron chi connectivity index (χ3n) is 1.36. The quantitative estimate of drug-likeness (QED) is 0.432. The van der Waals surface area contributed by atoms with Crippen LogP contribution in [0.15, 0.2) is 12.1 Å². The van der Waals surface area contributed by atoms with Gasteiger partial charge in [-0.05, 0) is 23.7 Å². The molecule has 0 aliphatic heterocycles. The molecule has 1 nitrogen and oxygen atoms in total. The second-order valence-electron chi connectivity index (χ2n) is 2.26. The van der Waals surface area contributed by atoms with Crippen molar-refractivity contribution >= 4 is 11.6 Å². The van der Waals surface area contributed by atoms with Crippen LogP contribution in [0, 0.1) is 17.5 Å². The molecular weight excluding hydrogens is 212 g/mol. The Morgan fingerprint density at radius 2 is 1.69 bits per heavy atom. The molecule has 0 aliphatic rings. The summed E-state index contributed by atoms with van der Waals surface area (Å²) in [7, 11) is 0. The highest BCUT2D eigenvalue weighted by molar-refractivity contribution is 6.21. The molecule has 0 fully saturated rings. The SMILES string of the molecule is OC(F)(Cl)c1ccc(F)c(F)c1F. The van der Waals surface area contributed by atoms with Gasteiger partial charge in [-0.1, -0.05) is 0 Å². The Bertz CT molecular complexity index is 334. The first kappa shape index (κ1) is 10.3. The number of hydrogen-bond acceptors (Lipinski definition) is 1. The van der Waals surface area contributed by atoms with Crippen molar-refractivity contribution < 1.29 is 22.7 Å². The Morgan fingerprint density at radius 1 is 1.15 bits per heavy atom. The number of benzene rings is 1. The van der Waals surface area contributed by atoms with E-state index in [9.17, 15) is 17.6 Å². The highest BCUT2D eigenvalue weighted by Gasteiger charge is 2.31. The van der Waals surface area contributed by atoms with Gasteiger partial charge in [0, 0.05) is 0 Å². The predicted molar refractivity (Wildman–Crippen MR) is 37.2 cm³/mol. The van der Waals surface area contributed by atoms with E-state index in [1.54, 1.807) is 0 Å². The maximum absolute atomic E-state index is 12.7. The zero-order valence-corrected chi connectivity index (χ0v) is 6.75. The van der Waals surface area contributed by atoms with Crippen molar-refractivity contribution in [2.24, 2.45) is 0 Å². The van der Waals surface area contributed by atoms with E-state index in [4.69, 9.17) is 5.11 Å². The summed E-state index contributed by atoms with van der Waals surface area (Å²) in [6.07, 6.45) is 0. The van der Waals surface area contributed by atoms with Gasteiger partial charge in [0.2, 0.25) is 0 Å². The van der Waals surface area contributed by atoms with Crippen molar-refractivity contribution in [2.75, 3.05) is 0 Å². The largest absolute Gasteiger partial charge is 0.346 e. The lowest BCUT2D eigenvalue weighted by molar-refractivity contribution is -0.0130. The summed E-state index contributed by atoms with van der Waals surface area (Å²) in [5.74, 6) is -5.21. The number of aliphatic hydroxyl groups is 1. The van der Waals surface area contributed by atoms with Crippen LogP contribution in [-0.4, -0.2) is 5.11 Å². The van der Waals surface area contributed by atoms with Gasteiger partial charge in [0.15, 0.2) is 17.5 Å². The van der Waals surface area contributed by atoms with Crippen LogP contribution in [-0.2, 0) is 5.31 Å². The maximum Gasteiger partial charge on any atom is 0.313 e. The lowest BCUT2D eigenvalue weighted by Gasteiger charge is -2.11. The van der Waals surface area contributed by atoms with Gasteiger partial charge < -0.3 is 5.11 Å². The average molecular weight is 215 g/mol. The molecule has 1 unspecified atom stereocenters. The molecule has 1 aromatic rings. The number of halogens is 5. The summed E-state index contributed by atoms with van der Waals surface area (Å²) in [5, 5.41) is 4.91. The van der Waals surface area contributed by atoms with E-state index in [1.807, 2.05) is 0 Å². The molecule has 0 saturated heterocycles. The van der Waals surface area contributed by atoms with Gasteiger partial charge in [-0.15, -0.1) is 0 Å². The first-order valence-electron chi connectivity index (χ1n) is 3.08. The fourth-order valence-electron chi connectivity index (χ4n) is 0.758. The van der Waals surface area contributed by atoms with Crippen molar-refractivity contribution in [3.8, 4) is 0 Å². The van der Waals surface area contributed by atoms with Crippen LogP contribution in [0.4, 0.5) is 17.6 Å². The number of hydrogen-bond donors (Lipinski definition) is 1. The Hall–Kier alpha value is -0.810. The molecule has 0 aliphatic carbocycles. The molecule has 0 radical (unpaired) electrons. The summed E-state index contributed by atoms with van der Waals surface area (Å²) in [6.45, 7) is 0.